The van der Waals surface area contributed by atoms with Gasteiger partial charge in [0, 0.05) is 23.7 Å². The Morgan fingerprint density at radius 3 is 1.69 bits per heavy atom. The van der Waals surface area contributed by atoms with Crippen LogP contribution in [0, 0.1) is 28.6 Å². The highest BCUT2D eigenvalue weighted by Crippen LogP contribution is 2.40. The SMILES string of the molecule is CC1=C(O)C(C(C)(C)C)=CC(CCC(=O)OCC(C)(C)C2OCC3(CO2)COC(C(C)(C)COC(=O)CCc2cc(C)c(O)c(C(C)(C)C)c2)OC3)=CC1. The Balaban J connectivity index is 1.18. The average molecular weight is 755 g/mol. The van der Waals surface area contributed by atoms with E-state index < -0.39 is 28.8 Å². The van der Waals surface area contributed by atoms with Crippen LogP contribution in [-0.4, -0.2) is 74.4 Å². The summed E-state index contributed by atoms with van der Waals surface area (Å²) in [6.45, 7) is 25.7. The molecule has 0 bridgehead atoms. The Bertz CT molecular complexity index is 1600. The molecule has 302 valence electrons. The zero-order chi connectivity index (χ0) is 40.3. The zero-order valence-electron chi connectivity index (χ0n) is 34.9. The average Bonchev–Trinajstić information content (AvgIpc) is 3.23. The number of phenolic OH excluding ortho intramolecular Hbond substituents is 1. The minimum atomic E-state index is -0.592. The molecule has 2 N–H and O–H groups in total. The summed E-state index contributed by atoms with van der Waals surface area (Å²) in [5.74, 6) is 0.0438. The van der Waals surface area contributed by atoms with Crippen LogP contribution in [0.3, 0.4) is 0 Å². The van der Waals surface area contributed by atoms with Gasteiger partial charge in [0.2, 0.25) is 0 Å². The number of aromatic hydroxyl groups is 1. The summed E-state index contributed by atoms with van der Waals surface area (Å²) < 4.78 is 36.2. The van der Waals surface area contributed by atoms with Crippen molar-refractivity contribution < 1.29 is 48.2 Å². The number of rotatable bonds is 12. The third-order valence-electron chi connectivity index (χ3n) is 10.5. The number of carbonyl (C=O) groups is 2. The third-order valence-corrected chi connectivity index (χ3v) is 10.5. The fourth-order valence-corrected chi connectivity index (χ4v) is 6.80. The van der Waals surface area contributed by atoms with Crippen molar-refractivity contribution in [2.45, 2.75) is 133 Å². The van der Waals surface area contributed by atoms with E-state index >= 15 is 0 Å². The lowest BCUT2D eigenvalue weighted by molar-refractivity contribution is -0.337. The molecule has 0 unspecified atom stereocenters. The fourth-order valence-electron chi connectivity index (χ4n) is 6.80. The molecule has 1 spiro atoms. The highest BCUT2D eigenvalue weighted by molar-refractivity contribution is 5.70. The van der Waals surface area contributed by atoms with Crippen molar-refractivity contribution in [1.82, 2.24) is 0 Å². The minimum absolute atomic E-state index is 0.139. The summed E-state index contributed by atoms with van der Waals surface area (Å²) in [6, 6.07) is 3.89. The van der Waals surface area contributed by atoms with Crippen LogP contribution in [0.2, 0.25) is 0 Å². The quantitative estimate of drug-likeness (QED) is 0.200. The molecule has 3 aliphatic rings. The van der Waals surface area contributed by atoms with Gasteiger partial charge in [-0.2, -0.15) is 0 Å². The van der Waals surface area contributed by atoms with Crippen molar-refractivity contribution in [1.29, 1.82) is 0 Å². The Morgan fingerprint density at radius 1 is 0.741 bits per heavy atom. The first-order valence-electron chi connectivity index (χ1n) is 19.3. The van der Waals surface area contributed by atoms with Gasteiger partial charge in [0.25, 0.3) is 0 Å². The van der Waals surface area contributed by atoms with E-state index in [4.69, 9.17) is 28.4 Å². The zero-order valence-corrected chi connectivity index (χ0v) is 34.9. The summed E-state index contributed by atoms with van der Waals surface area (Å²) in [7, 11) is 0. The lowest BCUT2D eigenvalue weighted by atomic mass is 9.83. The number of aryl methyl sites for hydroxylation is 2. The Labute approximate surface area is 323 Å². The van der Waals surface area contributed by atoms with Crippen molar-refractivity contribution in [3.8, 4) is 5.75 Å². The van der Waals surface area contributed by atoms with E-state index in [1.54, 1.807) is 0 Å². The van der Waals surface area contributed by atoms with E-state index in [0.29, 0.717) is 57.2 Å². The number of carbonyl (C=O) groups excluding carboxylic acids is 2. The molecule has 1 aromatic carbocycles. The summed E-state index contributed by atoms with van der Waals surface area (Å²) >= 11 is 0. The van der Waals surface area contributed by atoms with Crippen LogP contribution < -0.4 is 0 Å². The lowest BCUT2D eigenvalue weighted by Crippen LogP contribution is -2.57. The van der Waals surface area contributed by atoms with E-state index in [9.17, 15) is 19.8 Å². The maximum absolute atomic E-state index is 12.8. The second kappa shape index (κ2) is 16.9. The summed E-state index contributed by atoms with van der Waals surface area (Å²) in [5, 5.41) is 21.2. The molecule has 1 aromatic rings. The molecule has 0 radical (unpaired) electrons. The largest absolute Gasteiger partial charge is 0.508 e. The van der Waals surface area contributed by atoms with Gasteiger partial charge in [-0.05, 0) is 71.8 Å². The predicted octanol–water partition coefficient (Wildman–Crippen LogP) is 8.72. The second-order valence-corrected chi connectivity index (χ2v) is 19.2. The van der Waals surface area contributed by atoms with Gasteiger partial charge in [-0.1, -0.05) is 99.1 Å². The number of aliphatic hydroxyl groups is 1. The Hall–Kier alpha value is -3.18. The number of esters is 2. The molecule has 2 heterocycles. The first kappa shape index (κ1) is 43.5. The Morgan fingerprint density at radius 2 is 1.22 bits per heavy atom. The van der Waals surface area contributed by atoms with E-state index in [1.165, 1.54) is 0 Å². The van der Waals surface area contributed by atoms with Crippen molar-refractivity contribution in [3.05, 3.63) is 63.5 Å². The van der Waals surface area contributed by atoms with E-state index in [0.717, 1.165) is 33.4 Å². The lowest BCUT2D eigenvalue weighted by Gasteiger charge is -2.48. The fraction of sp³-hybridized carbons (Fsp3) is 0.682. The second-order valence-electron chi connectivity index (χ2n) is 19.2. The van der Waals surface area contributed by atoms with Crippen LogP contribution in [-0.2, 0) is 49.8 Å². The molecule has 0 amide bonds. The molecule has 2 fully saturated rings. The van der Waals surface area contributed by atoms with Crippen molar-refractivity contribution >= 4 is 11.9 Å². The maximum Gasteiger partial charge on any atom is 0.306 e. The van der Waals surface area contributed by atoms with Crippen molar-refractivity contribution in [3.63, 3.8) is 0 Å². The van der Waals surface area contributed by atoms with Gasteiger partial charge >= 0.3 is 11.9 Å². The number of hydrogen-bond donors (Lipinski definition) is 2. The normalized spacial score (nSPS) is 23.1. The smallest absolute Gasteiger partial charge is 0.306 e. The van der Waals surface area contributed by atoms with Gasteiger partial charge in [0.15, 0.2) is 12.6 Å². The van der Waals surface area contributed by atoms with Crippen LogP contribution >= 0.6 is 0 Å². The van der Waals surface area contributed by atoms with E-state index in [-0.39, 0.29) is 48.8 Å². The van der Waals surface area contributed by atoms with Gasteiger partial charge in [-0.3, -0.25) is 9.59 Å². The third kappa shape index (κ3) is 11.2. The molecule has 0 atom stereocenters. The minimum Gasteiger partial charge on any atom is -0.508 e. The van der Waals surface area contributed by atoms with Crippen LogP contribution in [0.15, 0.2) is 46.8 Å². The number of allylic oxidation sites excluding steroid dienone is 5. The Kier molecular flexibility index (Phi) is 13.6. The van der Waals surface area contributed by atoms with Gasteiger partial charge in [0.05, 0.1) is 31.8 Å². The van der Waals surface area contributed by atoms with Crippen molar-refractivity contribution in [2.24, 2.45) is 21.7 Å². The standard InChI is InChI=1S/C44H66O10/c1-28-13-14-30(20-32(36(28)47)40(3,4)5)15-17-34(45)49-22-42(9,10)38-51-24-44(25-52-38)26-53-39(54-27-44)43(11,12)23-50-35(46)18-16-31-19-29(2)37(48)33(21-31)41(6,7)8/h14,19-21,38-39,47-48H,13,15-18,22-27H2,1-12H3. The molecule has 2 aliphatic heterocycles. The monoisotopic (exact) mass is 754 g/mol. The van der Waals surface area contributed by atoms with E-state index in [1.807, 2.05) is 59.8 Å². The first-order chi connectivity index (χ1) is 24.9. The summed E-state index contributed by atoms with van der Waals surface area (Å²) in [6.07, 6.45) is 5.07. The number of hydrogen-bond acceptors (Lipinski definition) is 10. The molecule has 10 heteroatoms. The molecule has 10 nitrogen and oxygen atoms in total. The first-order valence-corrected chi connectivity index (χ1v) is 19.3. The number of aliphatic hydroxyl groups excluding tert-OH is 1. The van der Waals surface area contributed by atoms with Crippen molar-refractivity contribution in [2.75, 3.05) is 39.6 Å². The summed E-state index contributed by atoms with van der Waals surface area (Å²) in [5.41, 5.74) is 3.35. The maximum atomic E-state index is 12.8. The van der Waals surface area contributed by atoms with E-state index in [2.05, 4.69) is 47.6 Å². The molecule has 4 rings (SSSR count). The van der Waals surface area contributed by atoms with Crippen LogP contribution in [0.25, 0.3) is 0 Å². The molecule has 2 saturated heterocycles. The van der Waals surface area contributed by atoms with Crippen LogP contribution in [0.1, 0.15) is 119 Å². The van der Waals surface area contributed by atoms with Gasteiger partial charge in [0.1, 0.15) is 24.7 Å². The molecule has 54 heavy (non-hydrogen) atoms. The molecular formula is C44H66O10. The topological polar surface area (TPSA) is 130 Å². The number of ether oxygens (including phenoxy) is 6. The van der Waals surface area contributed by atoms with Crippen LogP contribution in [0.4, 0.5) is 0 Å². The molecule has 0 saturated carbocycles. The van der Waals surface area contributed by atoms with Gasteiger partial charge in [-0.15, -0.1) is 0 Å². The highest BCUT2D eigenvalue weighted by Gasteiger charge is 2.48. The highest BCUT2D eigenvalue weighted by atomic mass is 16.7. The van der Waals surface area contributed by atoms with Gasteiger partial charge < -0.3 is 38.6 Å². The predicted molar refractivity (Wildman–Crippen MR) is 208 cm³/mol. The van der Waals surface area contributed by atoms with Crippen LogP contribution in [0.5, 0.6) is 5.75 Å². The molecule has 1 aliphatic carbocycles. The number of phenols is 1. The number of benzene rings is 1. The summed E-state index contributed by atoms with van der Waals surface area (Å²) in [4.78, 5) is 25.6. The molecular weight excluding hydrogens is 688 g/mol. The van der Waals surface area contributed by atoms with Gasteiger partial charge in [-0.25, -0.2) is 0 Å². The molecule has 0 aromatic heterocycles.